The molecule has 0 atom stereocenters. The molecule has 2 aromatic heterocycles. The first-order valence-corrected chi connectivity index (χ1v) is 16.6. The van der Waals surface area contributed by atoms with Crippen LogP contribution in [0.4, 0.5) is 5.82 Å². The van der Waals surface area contributed by atoms with Crippen molar-refractivity contribution in [1.82, 2.24) is 29.2 Å². The number of fused-ring (bicyclic) bond motifs is 3. The highest BCUT2D eigenvalue weighted by atomic mass is 16.5. The highest BCUT2D eigenvalue weighted by molar-refractivity contribution is 6.06. The predicted octanol–water partition coefficient (Wildman–Crippen LogP) is 4.52. The maximum absolute atomic E-state index is 13.9. The summed E-state index contributed by atoms with van der Waals surface area (Å²) in [4.78, 5) is 53.9. The second-order valence-corrected chi connectivity index (χ2v) is 12.6. The van der Waals surface area contributed by atoms with Crippen LogP contribution >= 0.6 is 0 Å². The third-order valence-electron chi connectivity index (χ3n) is 9.06. The molecule has 0 unspecified atom stereocenters. The maximum Gasteiger partial charge on any atom is 0.337 e. The summed E-state index contributed by atoms with van der Waals surface area (Å²) in [5.74, 6) is 1.16. The van der Waals surface area contributed by atoms with Gasteiger partial charge in [-0.3, -0.25) is 14.5 Å². The molecule has 11 heteroatoms. The number of hydrogen-bond acceptors (Lipinski definition) is 8. The Morgan fingerprint density at radius 1 is 1.02 bits per heavy atom. The van der Waals surface area contributed by atoms with Gasteiger partial charge in [0.25, 0.3) is 0 Å². The maximum atomic E-state index is 13.9. The first kappa shape index (κ1) is 33.8. The quantitative estimate of drug-likeness (QED) is 0.211. The Morgan fingerprint density at radius 2 is 1.79 bits per heavy atom. The number of nitrogens with zero attached hydrogens (tertiary/aromatic N) is 6. The number of unbranched alkanes of at least 4 members (excludes halogenated alkanes) is 1. The molecule has 1 aliphatic rings. The van der Waals surface area contributed by atoms with Gasteiger partial charge in [0.05, 0.1) is 30.3 Å². The molecule has 1 aliphatic heterocycles. The number of carbonyl (C=O) groups is 3. The van der Waals surface area contributed by atoms with Gasteiger partial charge >= 0.3 is 5.97 Å². The molecular formula is C36H47N7O4. The third kappa shape index (κ3) is 7.90. The third-order valence-corrected chi connectivity index (χ3v) is 9.06. The normalized spacial score (nSPS) is 14.0. The summed E-state index contributed by atoms with van der Waals surface area (Å²) in [6.45, 7) is 5.39. The first-order chi connectivity index (χ1) is 22.7. The number of para-hydroxylation sites is 1. The number of pyridine rings is 1. The van der Waals surface area contributed by atoms with Gasteiger partial charge in [-0.05, 0) is 62.5 Å². The lowest BCUT2D eigenvalue weighted by Gasteiger charge is -2.33. The van der Waals surface area contributed by atoms with Crippen LogP contribution in [0.15, 0.2) is 48.5 Å². The van der Waals surface area contributed by atoms with Crippen LogP contribution in [0.5, 0.6) is 0 Å². The molecule has 2 N–H and O–H groups in total. The summed E-state index contributed by atoms with van der Waals surface area (Å²) in [6, 6.07) is 15.2. The van der Waals surface area contributed by atoms with Crippen molar-refractivity contribution < 1.29 is 19.1 Å². The van der Waals surface area contributed by atoms with Crippen molar-refractivity contribution in [2.75, 3.05) is 53.1 Å². The summed E-state index contributed by atoms with van der Waals surface area (Å²) < 4.78 is 7.19. The van der Waals surface area contributed by atoms with Crippen molar-refractivity contribution in [3.63, 3.8) is 0 Å². The van der Waals surface area contributed by atoms with E-state index < -0.39 is 5.97 Å². The zero-order valence-corrected chi connectivity index (χ0v) is 28.1. The van der Waals surface area contributed by atoms with Crippen LogP contribution in [0.1, 0.15) is 60.8 Å². The summed E-state index contributed by atoms with van der Waals surface area (Å²) in [5, 5.41) is 1.01. The number of carbonyl (C=O) groups excluding carboxylic acids is 3. The van der Waals surface area contributed by atoms with E-state index in [1.165, 1.54) is 7.11 Å². The molecule has 1 fully saturated rings. The number of hydrogen-bond donors (Lipinski definition) is 1. The molecule has 4 aromatic rings. The number of piperidine rings is 1. The molecule has 250 valence electrons. The second-order valence-electron chi connectivity index (χ2n) is 12.6. The Kier molecular flexibility index (Phi) is 11.1. The van der Waals surface area contributed by atoms with E-state index in [0.29, 0.717) is 50.5 Å². The van der Waals surface area contributed by atoms with Crippen LogP contribution in [-0.4, -0.2) is 94.4 Å². The fourth-order valence-corrected chi connectivity index (χ4v) is 6.51. The molecule has 2 aromatic carbocycles. The van der Waals surface area contributed by atoms with Crippen LogP contribution < -0.4 is 5.73 Å². The Labute approximate surface area is 276 Å². The van der Waals surface area contributed by atoms with E-state index in [2.05, 4.69) is 27.4 Å². The van der Waals surface area contributed by atoms with Crippen molar-refractivity contribution in [3.8, 4) is 0 Å². The van der Waals surface area contributed by atoms with Crippen LogP contribution in [0.2, 0.25) is 0 Å². The van der Waals surface area contributed by atoms with Gasteiger partial charge in [-0.15, -0.1) is 0 Å². The van der Waals surface area contributed by atoms with Crippen molar-refractivity contribution >= 4 is 45.5 Å². The second kappa shape index (κ2) is 15.4. The lowest BCUT2D eigenvalue weighted by Crippen LogP contribution is -2.45. The molecule has 0 aliphatic carbocycles. The highest BCUT2D eigenvalue weighted by Crippen LogP contribution is 2.30. The SMILES string of the molecule is CCCCc1nc2c(N)nc3ccccc3c2n1CCCN(Cc1cccc(C(=O)OC)c1)C(=O)CN1CCC(C(=O)N(C)C)CC1. The smallest absolute Gasteiger partial charge is 0.337 e. The lowest BCUT2D eigenvalue weighted by atomic mass is 9.95. The van der Waals surface area contributed by atoms with E-state index in [-0.39, 0.29) is 24.3 Å². The Bertz CT molecular complexity index is 1730. The van der Waals surface area contributed by atoms with Gasteiger partial charge in [0, 0.05) is 51.5 Å². The number of nitrogen functional groups attached to an aromatic ring is 1. The molecule has 47 heavy (non-hydrogen) atoms. The number of rotatable bonds is 13. The van der Waals surface area contributed by atoms with E-state index in [0.717, 1.165) is 65.4 Å². The molecule has 0 spiro atoms. The number of aromatic nitrogens is 3. The van der Waals surface area contributed by atoms with Crippen LogP contribution in [0, 0.1) is 5.92 Å². The summed E-state index contributed by atoms with van der Waals surface area (Å²) in [6.07, 6.45) is 5.06. The standard InChI is InChI=1S/C36H47N7O4/c1-5-6-15-30-39-32-33(28-13-7-8-14-29(28)38-34(32)37)43(30)19-10-18-42(23-25-11-9-12-27(22-25)36(46)47-4)31(44)24-41-20-16-26(17-21-41)35(45)40(2)3/h7-9,11-14,22,26H,5-6,10,15-21,23-24H2,1-4H3,(H2,37,38). The van der Waals surface area contributed by atoms with Gasteiger partial charge in [0.1, 0.15) is 11.3 Å². The number of anilines is 1. The summed E-state index contributed by atoms with van der Waals surface area (Å²) in [7, 11) is 4.94. The molecule has 5 rings (SSSR count). The van der Waals surface area contributed by atoms with Crippen LogP contribution in [0.3, 0.4) is 0 Å². The van der Waals surface area contributed by atoms with E-state index in [9.17, 15) is 14.4 Å². The fourth-order valence-electron chi connectivity index (χ4n) is 6.51. The van der Waals surface area contributed by atoms with E-state index in [4.69, 9.17) is 15.5 Å². The molecule has 0 saturated carbocycles. The van der Waals surface area contributed by atoms with Crippen molar-refractivity contribution in [2.45, 2.75) is 58.5 Å². The van der Waals surface area contributed by atoms with Gasteiger partial charge in [0.15, 0.2) is 5.82 Å². The monoisotopic (exact) mass is 641 g/mol. The molecular weight excluding hydrogens is 594 g/mol. The van der Waals surface area contributed by atoms with Gasteiger partial charge in [-0.1, -0.05) is 43.7 Å². The summed E-state index contributed by atoms with van der Waals surface area (Å²) >= 11 is 0. The van der Waals surface area contributed by atoms with Crippen LogP contribution in [-0.2, 0) is 33.8 Å². The largest absolute Gasteiger partial charge is 0.465 e. The topological polar surface area (TPSA) is 127 Å². The van der Waals surface area contributed by atoms with Gasteiger partial charge in [0.2, 0.25) is 11.8 Å². The van der Waals surface area contributed by atoms with Crippen molar-refractivity contribution in [2.24, 2.45) is 5.92 Å². The Balaban J connectivity index is 1.37. The fraction of sp³-hybridized carbons (Fsp3) is 0.472. The molecule has 0 radical (unpaired) electrons. The average molecular weight is 642 g/mol. The minimum atomic E-state index is -0.410. The van der Waals surface area contributed by atoms with E-state index >= 15 is 0 Å². The highest BCUT2D eigenvalue weighted by Gasteiger charge is 2.28. The van der Waals surface area contributed by atoms with Crippen molar-refractivity contribution in [1.29, 1.82) is 0 Å². The molecule has 11 nitrogen and oxygen atoms in total. The predicted molar refractivity (Wildman–Crippen MR) is 184 cm³/mol. The average Bonchev–Trinajstić information content (AvgIpc) is 3.45. The zero-order valence-electron chi connectivity index (χ0n) is 28.1. The Morgan fingerprint density at radius 3 is 2.51 bits per heavy atom. The van der Waals surface area contributed by atoms with Crippen LogP contribution in [0.25, 0.3) is 21.9 Å². The Hall–Kier alpha value is -4.51. The van der Waals surface area contributed by atoms with E-state index in [1.807, 2.05) is 35.2 Å². The summed E-state index contributed by atoms with van der Waals surface area (Å²) in [5.41, 5.74) is 10.3. The van der Waals surface area contributed by atoms with Gasteiger partial charge < -0.3 is 24.8 Å². The molecule has 3 heterocycles. The number of likely N-dealkylation sites (tertiary alicyclic amines) is 1. The number of aryl methyl sites for hydroxylation is 2. The van der Waals surface area contributed by atoms with Gasteiger partial charge in [-0.25, -0.2) is 14.8 Å². The minimum absolute atomic E-state index is 0.000686. The number of imidazole rings is 1. The van der Waals surface area contributed by atoms with Gasteiger partial charge in [-0.2, -0.15) is 0 Å². The zero-order chi connectivity index (χ0) is 33.5. The number of amides is 2. The molecule has 0 bridgehead atoms. The number of methoxy groups -OCH3 is 1. The van der Waals surface area contributed by atoms with Crippen molar-refractivity contribution in [3.05, 3.63) is 65.5 Å². The van der Waals surface area contributed by atoms with E-state index in [1.54, 1.807) is 31.1 Å². The number of esters is 1. The number of nitrogens with two attached hydrogens (primary N) is 1. The first-order valence-electron chi connectivity index (χ1n) is 16.6. The lowest BCUT2D eigenvalue weighted by molar-refractivity contribution is -0.135. The minimum Gasteiger partial charge on any atom is -0.465 e. The molecule has 1 saturated heterocycles. The number of ether oxygens (including phenoxy) is 1. The molecule has 2 amide bonds. The number of benzene rings is 2.